The highest BCUT2D eigenvalue weighted by molar-refractivity contribution is 6.09. The third-order valence-corrected chi connectivity index (χ3v) is 10.6. The number of benzene rings is 7. The Kier molecular flexibility index (Phi) is 7.11. The van der Waals surface area contributed by atoms with Crippen LogP contribution in [0.15, 0.2) is 182 Å². The van der Waals surface area contributed by atoms with Gasteiger partial charge in [-0.1, -0.05) is 155 Å². The summed E-state index contributed by atoms with van der Waals surface area (Å²) in [6, 6.07) is 30.2. The lowest BCUT2D eigenvalue weighted by Crippen LogP contribution is -2.31. The zero-order valence-electron chi connectivity index (χ0n) is 47.0. The van der Waals surface area contributed by atoms with E-state index in [1.807, 2.05) is 115 Å². The van der Waals surface area contributed by atoms with E-state index in [1.165, 1.54) is 0 Å². The number of aromatic nitrogens is 4. The number of imidazole rings is 1. The Balaban J connectivity index is 1.17. The molecule has 10 aromatic rings. The summed E-state index contributed by atoms with van der Waals surface area (Å²) in [6.45, 7) is 9.84. The number of ether oxygens (including phenoxy) is 1. The van der Waals surface area contributed by atoms with Crippen LogP contribution in [0.4, 0.5) is 0 Å². The first-order chi connectivity index (χ1) is 35.1. The molecule has 0 amide bonds. The smallest absolute Gasteiger partial charge is 0.269 e. The van der Waals surface area contributed by atoms with E-state index in [2.05, 4.69) is 20.2 Å². The minimum atomic E-state index is -1.65. The van der Waals surface area contributed by atoms with Gasteiger partial charge in [-0.3, -0.25) is 13.7 Å². The van der Waals surface area contributed by atoms with Gasteiger partial charge in [0.1, 0.15) is 17.3 Å². The Morgan fingerprint density at radius 1 is 0.677 bits per heavy atom. The zero-order chi connectivity index (χ0) is 52.9. The van der Waals surface area contributed by atoms with Crippen molar-refractivity contribution in [3.8, 4) is 50.9 Å². The molecular weight excluding hydrogens is 757 g/mol. The lowest BCUT2D eigenvalue weighted by atomic mass is 9.88. The molecule has 0 N–H and O–H groups in total. The van der Waals surface area contributed by atoms with Gasteiger partial charge in [0, 0.05) is 25.8 Å². The van der Waals surface area contributed by atoms with Gasteiger partial charge >= 0.3 is 0 Å². The van der Waals surface area contributed by atoms with E-state index >= 15 is 0 Å². The molecule has 0 unspecified atom stereocenters. The van der Waals surface area contributed by atoms with Crippen molar-refractivity contribution in [2.45, 2.75) is 47.4 Å². The van der Waals surface area contributed by atoms with Crippen LogP contribution in [0.25, 0.3) is 72.3 Å². The van der Waals surface area contributed by atoms with E-state index in [-0.39, 0.29) is 33.9 Å². The molecule has 0 radical (unpaired) electrons. The fourth-order valence-electron chi connectivity index (χ4n) is 8.20. The molecule has 62 heavy (non-hydrogen) atoms. The van der Waals surface area contributed by atoms with Crippen molar-refractivity contribution < 1.29 is 25.8 Å². The summed E-state index contributed by atoms with van der Waals surface area (Å²) in [6.07, 6.45) is 4.18. The Bertz CT molecular complexity index is 3780. The molecule has 0 aliphatic carbocycles. The molecule has 3 heterocycles. The first-order valence-electron chi connectivity index (χ1n) is 26.6. The average molecular weight is 819 g/mol. The molecule has 10 rings (SSSR count). The van der Waals surface area contributed by atoms with E-state index in [0.29, 0.717) is 46.0 Å². The SMILES string of the molecule is [2H]c1c([2H])c([2H])c(-c2cccc(-c3c([2H])c([2H])c([2H])c([2H])c3[2H])c2-[n+]2[c-]n(-c3cccc(Oc4ccc5c6ccccc6n(-c6cc(C([2H])([2H])C(C)(C)C)ccn6)c5c4)c3)c3ccc(CC(C)C)cc32)c([2H])c1[2H]. The van der Waals surface area contributed by atoms with Gasteiger partial charge in [-0.15, -0.1) is 0 Å². The second-order valence-corrected chi connectivity index (χ2v) is 16.8. The molecule has 0 saturated carbocycles. The van der Waals surface area contributed by atoms with Gasteiger partial charge in [-0.25, -0.2) is 4.98 Å². The van der Waals surface area contributed by atoms with Crippen molar-refractivity contribution in [3.05, 3.63) is 199 Å². The maximum Gasteiger partial charge on any atom is 0.269 e. The summed E-state index contributed by atoms with van der Waals surface area (Å²) >= 11 is 0. The molecule has 0 aliphatic rings. The van der Waals surface area contributed by atoms with Gasteiger partial charge in [0.15, 0.2) is 0 Å². The first kappa shape index (κ1) is 27.6. The van der Waals surface area contributed by atoms with Crippen LogP contribution in [0.1, 0.15) is 62.2 Å². The molecule has 0 bridgehead atoms. The maximum absolute atomic E-state index is 9.11. The Hall–Kier alpha value is -7.24. The van der Waals surface area contributed by atoms with Crippen LogP contribution in [-0.2, 0) is 12.8 Å². The van der Waals surface area contributed by atoms with E-state index in [9.17, 15) is 0 Å². The summed E-state index contributed by atoms with van der Waals surface area (Å²) in [7, 11) is 0. The molecule has 5 nitrogen and oxygen atoms in total. The van der Waals surface area contributed by atoms with Crippen molar-refractivity contribution in [2.24, 2.45) is 11.3 Å². The summed E-state index contributed by atoms with van der Waals surface area (Å²) in [4.78, 5) is 4.75. The van der Waals surface area contributed by atoms with Crippen LogP contribution >= 0.6 is 0 Å². The van der Waals surface area contributed by atoms with Crippen LogP contribution in [0.2, 0.25) is 0 Å². The summed E-state index contributed by atoms with van der Waals surface area (Å²) in [5.41, 5.74) is 4.54. The second kappa shape index (κ2) is 16.0. The van der Waals surface area contributed by atoms with Crippen molar-refractivity contribution in [2.75, 3.05) is 0 Å². The molecular formula is C57H50N4O. The predicted molar refractivity (Wildman–Crippen MR) is 255 cm³/mol. The minimum absolute atomic E-state index is 0.138. The lowest BCUT2D eigenvalue weighted by molar-refractivity contribution is -0.571. The largest absolute Gasteiger partial charge is 0.458 e. The van der Waals surface area contributed by atoms with Crippen LogP contribution in [0.3, 0.4) is 0 Å². The number of fused-ring (bicyclic) bond motifs is 4. The molecule has 304 valence electrons. The van der Waals surface area contributed by atoms with Gasteiger partial charge in [-0.2, -0.15) is 0 Å². The van der Waals surface area contributed by atoms with Gasteiger partial charge in [0.25, 0.3) is 6.33 Å². The molecule has 7 aromatic carbocycles. The monoisotopic (exact) mass is 818 g/mol. The quantitative estimate of drug-likeness (QED) is 0.102. The molecule has 5 heteroatoms. The second-order valence-electron chi connectivity index (χ2n) is 16.8. The maximum atomic E-state index is 9.11. The van der Waals surface area contributed by atoms with Gasteiger partial charge < -0.3 is 4.74 Å². The number of rotatable bonds is 10. The first-order valence-corrected chi connectivity index (χ1v) is 20.6. The number of para-hydroxylation sites is 2. The number of hydrogen-bond donors (Lipinski definition) is 0. The van der Waals surface area contributed by atoms with Gasteiger partial charge in [0.2, 0.25) is 0 Å². The molecule has 0 spiro atoms. The molecule has 0 saturated heterocycles. The summed E-state index contributed by atoms with van der Waals surface area (Å²) in [5, 5.41) is 1.94. The fraction of sp³-hybridized carbons (Fsp3) is 0.158. The van der Waals surface area contributed by atoms with Crippen molar-refractivity contribution in [1.82, 2.24) is 14.1 Å². The third kappa shape index (κ3) is 7.56. The molecule has 3 aromatic heterocycles. The fourth-order valence-corrected chi connectivity index (χ4v) is 8.20. The number of pyridine rings is 1. The van der Waals surface area contributed by atoms with Crippen molar-refractivity contribution in [3.63, 3.8) is 0 Å². The minimum Gasteiger partial charge on any atom is -0.458 e. The highest BCUT2D eigenvalue weighted by Gasteiger charge is 2.21. The molecule has 0 fully saturated rings. The summed E-state index contributed by atoms with van der Waals surface area (Å²) in [5.74, 6) is 1.82. The Labute approximate surface area is 381 Å². The van der Waals surface area contributed by atoms with Crippen LogP contribution in [-0.4, -0.2) is 14.1 Å². The van der Waals surface area contributed by atoms with Gasteiger partial charge in [-0.05, 0) is 107 Å². The average Bonchev–Trinajstić information content (AvgIpc) is 3.92. The Morgan fingerprint density at radius 3 is 2.10 bits per heavy atom. The lowest BCUT2D eigenvalue weighted by Gasteiger charge is -2.18. The third-order valence-electron chi connectivity index (χ3n) is 10.6. The van der Waals surface area contributed by atoms with Crippen LogP contribution in [0.5, 0.6) is 11.5 Å². The van der Waals surface area contributed by atoms with E-state index in [0.717, 1.165) is 27.4 Å². The molecule has 0 atom stereocenters. The van der Waals surface area contributed by atoms with Crippen molar-refractivity contribution in [1.29, 1.82) is 0 Å². The topological polar surface area (TPSA) is 35.9 Å². The normalized spacial score (nSPS) is 14.9. The number of nitrogens with zero attached hydrogens (tertiary/aromatic N) is 4. The van der Waals surface area contributed by atoms with Crippen LogP contribution < -0.4 is 9.30 Å². The van der Waals surface area contributed by atoms with Gasteiger partial charge in [0.05, 0.1) is 47.1 Å². The van der Waals surface area contributed by atoms with E-state index < -0.39 is 72.2 Å². The van der Waals surface area contributed by atoms with Crippen molar-refractivity contribution >= 4 is 32.8 Å². The predicted octanol–water partition coefficient (Wildman–Crippen LogP) is 14.1. The Morgan fingerprint density at radius 2 is 1.37 bits per heavy atom. The number of hydrogen-bond acceptors (Lipinski definition) is 2. The van der Waals surface area contributed by atoms with E-state index in [1.54, 1.807) is 41.1 Å². The zero-order valence-corrected chi connectivity index (χ0v) is 35.0. The highest BCUT2D eigenvalue weighted by Crippen LogP contribution is 2.37. The standard InChI is InChI=1S/C57H50N4O/c1-39(2)32-40-26-29-52-54(33-40)60(56-47(42-16-8-6-9-17-42)23-15-24-48(56)43-18-10-7-11-19-43)38-59(52)44-20-14-21-45(35-44)62-46-27-28-50-49-22-12-13-25-51(49)61(53(50)36-46)55-34-41(30-31-58-55)37-57(3,4)5/h6-31,33-36,39H,32,37H2,1-5H3/i6D,7D,8D,9D,10D,11D,16D,17D,18D,19D,37D2. The van der Waals surface area contributed by atoms with E-state index in [4.69, 9.17) is 26.2 Å². The van der Waals surface area contributed by atoms with Crippen LogP contribution in [0, 0.1) is 17.7 Å². The highest BCUT2D eigenvalue weighted by atomic mass is 16.5. The molecule has 0 aliphatic heterocycles. The summed E-state index contributed by atoms with van der Waals surface area (Å²) < 4.78 is 118.